The number of benzene rings is 1. The van der Waals surface area contributed by atoms with E-state index in [0.29, 0.717) is 29.6 Å². The number of carbonyl (C=O) groups excluding carboxylic acids is 1. The van der Waals surface area contributed by atoms with Crippen molar-refractivity contribution in [1.82, 2.24) is 15.0 Å². The normalized spacial score (nSPS) is 10.6. The van der Waals surface area contributed by atoms with E-state index in [1.165, 1.54) is 0 Å². The Morgan fingerprint density at radius 1 is 1.33 bits per heavy atom. The molecule has 0 radical (unpaired) electrons. The fraction of sp³-hybridized carbons (Fsp3) is 0.235. The smallest absolute Gasteiger partial charge is 0.254 e. The molecule has 1 aromatic carbocycles. The first-order valence-electron chi connectivity index (χ1n) is 7.51. The number of methoxy groups -OCH3 is 1. The molecule has 2 heterocycles. The predicted octanol–water partition coefficient (Wildman–Crippen LogP) is 3.47. The molecule has 0 atom stereocenters. The van der Waals surface area contributed by atoms with Crippen molar-refractivity contribution < 1.29 is 14.1 Å². The van der Waals surface area contributed by atoms with Gasteiger partial charge in [-0.3, -0.25) is 4.79 Å². The number of amides is 1. The highest BCUT2D eigenvalue weighted by atomic mass is 32.1. The van der Waals surface area contributed by atoms with Gasteiger partial charge in [0.1, 0.15) is 12.3 Å². The molecule has 3 aromatic rings. The lowest BCUT2D eigenvalue weighted by molar-refractivity contribution is 0.0734. The quantitative estimate of drug-likeness (QED) is 0.685. The number of nitrogens with zero attached hydrogens (tertiary/aromatic N) is 3. The molecular formula is C17H17N3O3S. The van der Waals surface area contributed by atoms with Crippen molar-refractivity contribution in [3.63, 3.8) is 0 Å². The molecule has 0 aliphatic carbocycles. The van der Waals surface area contributed by atoms with Crippen LogP contribution >= 0.6 is 11.3 Å². The van der Waals surface area contributed by atoms with Crippen molar-refractivity contribution >= 4 is 17.2 Å². The van der Waals surface area contributed by atoms with Gasteiger partial charge in [0.15, 0.2) is 0 Å². The van der Waals surface area contributed by atoms with Crippen molar-refractivity contribution in [2.24, 2.45) is 0 Å². The molecule has 24 heavy (non-hydrogen) atoms. The number of hydrogen-bond donors (Lipinski definition) is 0. The zero-order valence-corrected chi connectivity index (χ0v) is 14.2. The summed E-state index contributed by atoms with van der Waals surface area (Å²) < 4.78 is 10.4. The summed E-state index contributed by atoms with van der Waals surface area (Å²) in [5.41, 5.74) is 0.564. The molecule has 0 fully saturated rings. The maximum absolute atomic E-state index is 12.7. The Morgan fingerprint density at radius 3 is 2.92 bits per heavy atom. The minimum atomic E-state index is -0.104. The Morgan fingerprint density at radius 2 is 2.21 bits per heavy atom. The first-order valence-corrected chi connectivity index (χ1v) is 8.39. The van der Waals surface area contributed by atoms with Crippen molar-refractivity contribution in [2.75, 3.05) is 13.7 Å². The van der Waals surface area contributed by atoms with E-state index >= 15 is 0 Å². The van der Waals surface area contributed by atoms with Gasteiger partial charge in [-0.2, -0.15) is 4.98 Å². The Balaban J connectivity index is 1.75. The minimum absolute atomic E-state index is 0.104. The lowest BCUT2D eigenvalue weighted by Crippen LogP contribution is -2.30. The Kier molecular flexibility index (Phi) is 4.90. The van der Waals surface area contributed by atoms with Gasteiger partial charge < -0.3 is 14.2 Å². The van der Waals surface area contributed by atoms with E-state index in [9.17, 15) is 4.79 Å². The van der Waals surface area contributed by atoms with E-state index in [1.807, 2.05) is 24.4 Å². The Bertz CT molecular complexity index is 814. The molecule has 0 N–H and O–H groups in total. The van der Waals surface area contributed by atoms with Gasteiger partial charge in [-0.25, -0.2) is 0 Å². The summed E-state index contributed by atoms with van der Waals surface area (Å²) in [4.78, 5) is 19.6. The number of ether oxygens (including phenoxy) is 1. The van der Waals surface area contributed by atoms with E-state index in [-0.39, 0.29) is 12.5 Å². The third kappa shape index (κ3) is 3.46. The SMILES string of the molecule is CCN(Cc1nc(-c2cccs2)no1)C(=O)c1cccc(OC)c1. The molecule has 2 aromatic heterocycles. The largest absolute Gasteiger partial charge is 0.497 e. The summed E-state index contributed by atoms with van der Waals surface area (Å²) in [5, 5.41) is 5.93. The lowest BCUT2D eigenvalue weighted by atomic mass is 10.2. The highest BCUT2D eigenvalue weighted by molar-refractivity contribution is 7.13. The van der Waals surface area contributed by atoms with E-state index < -0.39 is 0 Å². The highest BCUT2D eigenvalue weighted by Crippen LogP contribution is 2.22. The lowest BCUT2D eigenvalue weighted by Gasteiger charge is -2.19. The fourth-order valence-corrected chi connectivity index (χ4v) is 2.90. The molecule has 0 aliphatic rings. The van der Waals surface area contributed by atoms with Crippen LogP contribution in [0.2, 0.25) is 0 Å². The molecule has 6 nitrogen and oxygen atoms in total. The van der Waals surface area contributed by atoms with E-state index in [2.05, 4.69) is 10.1 Å². The summed E-state index contributed by atoms with van der Waals surface area (Å²) >= 11 is 1.54. The van der Waals surface area contributed by atoms with Gasteiger partial charge in [-0.1, -0.05) is 17.3 Å². The summed E-state index contributed by atoms with van der Waals surface area (Å²) in [5.74, 6) is 1.50. The number of thiophene rings is 1. The van der Waals surface area contributed by atoms with Crippen LogP contribution in [0, 0.1) is 0 Å². The standard InChI is InChI=1S/C17H17N3O3S/c1-3-20(17(21)12-6-4-7-13(10-12)22-2)11-15-18-16(19-23-15)14-8-5-9-24-14/h4-10H,3,11H2,1-2H3. The van der Waals surface area contributed by atoms with E-state index in [4.69, 9.17) is 9.26 Å². The van der Waals surface area contributed by atoms with Crippen LogP contribution in [0.4, 0.5) is 0 Å². The summed E-state index contributed by atoms with van der Waals surface area (Å²) in [7, 11) is 1.58. The minimum Gasteiger partial charge on any atom is -0.497 e. The second-order valence-electron chi connectivity index (χ2n) is 5.04. The monoisotopic (exact) mass is 343 g/mol. The van der Waals surface area contributed by atoms with Crippen molar-refractivity contribution in [2.45, 2.75) is 13.5 Å². The van der Waals surface area contributed by atoms with Gasteiger partial charge in [-0.05, 0) is 36.6 Å². The molecule has 3 rings (SSSR count). The summed E-state index contributed by atoms with van der Waals surface area (Å²) in [6.45, 7) is 2.71. The number of aromatic nitrogens is 2. The van der Waals surface area contributed by atoms with E-state index in [1.54, 1.807) is 47.6 Å². The molecular weight excluding hydrogens is 326 g/mol. The average Bonchev–Trinajstić information content (AvgIpc) is 3.30. The van der Waals surface area contributed by atoms with Crippen molar-refractivity contribution in [1.29, 1.82) is 0 Å². The van der Waals surface area contributed by atoms with Crippen LogP contribution in [0.15, 0.2) is 46.3 Å². The highest BCUT2D eigenvalue weighted by Gasteiger charge is 2.19. The van der Waals surface area contributed by atoms with Gasteiger partial charge in [0.2, 0.25) is 11.7 Å². The molecule has 0 spiro atoms. The predicted molar refractivity (Wildman–Crippen MR) is 91.0 cm³/mol. The van der Waals surface area contributed by atoms with Crippen molar-refractivity contribution in [3.8, 4) is 16.5 Å². The van der Waals surface area contributed by atoms with Gasteiger partial charge in [0, 0.05) is 12.1 Å². The number of hydrogen-bond acceptors (Lipinski definition) is 6. The van der Waals surface area contributed by atoms with Crippen LogP contribution in [0.3, 0.4) is 0 Å². The van der Waals surface area contributed by atoms with Crippen LogP contribution in [0.1, 0.15) is 23.2 Å². The van der Waals surface area contributed by atoms with Gasteiger partial charge in [0.05, 0.1) is 12.0 Å². The topological polar surface area (TPSA) is 68.5 Å². The third-order valence-electron chi connectivity index (χ3n) is 3.52. The second kappa shape index (κ2) is 7.27. The van der Waals surface area contributed by atoms with Gasteiger partial charge in [0.25, 0.3) is 5.91 Å². The number of rotatable bonds is 6. The zero-order valence-electron chi connectivity index (χ0n) is 13.4. The van der Waals surface area contributed by atoms with Gasteiger partial charge >= 0.3 is 0 Å². The summed E-state index contributed by atoms with van der Waals surface area (Å²) in [6.07, 6.45) is 0. The van der Waals surface area contributed by atoms with Crippen LogP contribution in [-0.4, -0.2) is 34.6 Å². The molecule has 124 valence electrons. The zero-order chi connectivity index (χ0) is 16.9. The van der Waals surface area contributed by atoms with E-state index in [0.717, 1.165) is 4.88 Å². The van der Waals surface area contributed by atoms with Crippen molar-refractivity contribution in [3.05, 3.63) is 53.2 Å². The maximum atomic E-state index is 12.7. The molecule has 0 aliphatic heterocycles. The molecule has 1 amide bonds. The average molecular weight is 343 g/mol. The fourth-order valence-electron chi connectivity index (χ4n) is 2.25. The first kappa shape index (κ1) is 16.2. The summed E-state index contributed by atoms with van der Waals surface area (Å²) in [6, 6.07) is 10.9. The molecule has 0 bridgehead atoms. The molecule has 0 saturated carbocycles. The Labute approximate surface area is 143 Å². The maximum Gasteiger partial charge on any atom is 0.254 e. The van der Waals surface area contributed by atoms with Crippen LogP contribution in [0.5, 0.6) is 5.75 Å². The molecule has 0 saturated heterocycles. The second-order valence-corrected chi connectivity index (χ2v) is 5.99. The Hall–Kier alpha value is -2.67. The number of carbonyl (C=O) groups is 1. The molecule has 7 heteroatoms. The van der Waals surface area contributed by atoms with Crippen LogP contribution < -0.4 is 4.74 Å². The molecule has 0 unspecified atom stereocenters. The van der Waals surface area contributed by atoms with Crippen LogP contribution in [-0.2, 0) is 6.54 Å². The third-order valence-corrected chi connectivity index (χ3v) is 4.39. The first-order chi connectivity index (χ1) is 11.7. The van der Waals surface area contributed by atoms with Crippen LogP contribution in [0.25, 0.3) is 10.7 Å². The van der Waals surface area contributed by atoms with Gasteiger partial charge in [-0.15, -0.1) is 11.3 Å².